The fourth-order valence-electron chi connectivity index (χ4n) is 5.48. The molecule has 1 aliphatic carbocycles. The molecule has 2 fully saturated rings. The third kappa shape index (κ3) is 5.23. The van der Waals surface area contributed by atoms with Crippen molar-refractivity contribution < 1.29 is 19.2 Å². The van der Waals surface area contributed by atoms with Crippen molar-refractivity contribution in [2.75, 3.05) is 13.1 Å². The summed E-state index contributed by atoms with van der Waals surface area (Å²) in [7, 11) is 0. The predicted molar refractivity (Wildman–Crippen MR) is 137 cm³/mol. The van der Waals surface area contributed by atoms with Gasteiger partial charge in [-0.3, -0.25) is 14.4 Å². The number of aromatic nitrogens is 1. The van der Waals surface area contributed by atoms with Gasteiger partial charge in [0.05, 0.1) is 0 Å². The fourth-order valence-corrected chi connectivity index (χ4v) is 5.48. The van der Waals surface area contributed by atoms with E-state index in [0.29, 0.717) is 44.7 Å². The highest BCUT2D eigenvalue weighted by molar-refractivity contribution is 6.37. The second kappa shape index (κ2) is 10.4. The van der Waals surface area contributed by atoms with E-state index in [-0.39, 0.29) is 28.6 Å². The molecule has 1 saturated heterocycles. The van der Waals surface area contributed by atoms with Crippen LogP contribution in [0.1, 0.15) is 67.7 Å². The number of amides is 1. The molecule has 1 aromatic carbocycles. The Hall–Kier alpha value is -3.79. The molecule has 2 heterocycles. The highest BCUT2D eigenvalue weighted by atomic mass is 16.6. The number of carbonyl (C=O) groups excluding carboxylic acids is 3. The third-order valence-electron chi connectivity index (χ3n) is 7.23. The van der Waals surface area contributed by atoms with E-state index < -0.39 is 5.92 Å². The molecule has 1 aliphatic heterocycles. The molecule has 186 valence electrons. The topological polar surface area (TPSA) is 88.9 Å². The van der Waals surface area contributed by atoms with Crippen molar-refractivity contribution in [1.82, 2.24) is 9.88 Å². The summed E-state index contributed by atoms with van der Waals surface area (Å²) in [5.41, 5.74) is 3.43. The van der Waals surface area contributed by atoms with Gasteiger partial charge in [-0.15, -0.1) is 5.92 Å². The molecule has 0 unspecified atom stereocenters. The molecule has 1 saturated carbocycles. The molecule has 0 radical (unpaired) electrons. The minimum Gasteiger partial charge on any atom is -0.337 e. The van der Waals surface area contributed by atoms with Crippen molar-refractivity contribution in [2.45, 2.75) is 59.3 Å². The molecule has 2 aliphatic rings. The monoisotopic (exact) mass is 485 g/mol. The number of hydrogen-bond acceptors (Lipinski definition) is 6. The molecule has 2 aromatic rings. The first-order valence-corrected chi connectivity index (χ1v) is 12.2. The summed E-state index contributed by atoms with van der Waals surface area (Å²) in [5.74, 6) is 5.30. The Morgan fingerprint density at radius 2 is 1.75 bits per heavy atom. The molecular formula is C29H31N3O4. The van der Waals surface area contributed by atoms with Gasteiger partial charge in [-0.05, 0) is 80.8 Å². The van der Waals surface area contributed by atoms with Gasteiger partial charge in [0.2, 0.25) is 5.88 Å². The number of ketones is 2. The third-order valence-corrected chi connectivity index (χ3v) is 7.23. The van der Waals surface area contributed by atoms with E-state index in [1.54, 1.807) is 43.1 Å². The van der Waals surface area contributed by atoms with Crippen LogP contribution in [0.15, 0.2) is 41.7 Å². The van der Waals surface area contributed by atoms with Gasteiger partial charge in [-0.1, -0.05) is 17.1 Å². The Bertz CT molecular complexity index is 1240. The zero-order chi connectivity index (χ0) is 25.9. The first-order valence-electron chi connectivity index (χ1n) is 12.2. The van der Waals surface area contributed by atoms with Gasteiger partial charge in [-0.2, -0.15) is 0 Å². The van der Waals surface area contributed by atoms with Gasteiger partial charge >= 0.3 is 0 Å². The van der Waals surface area contributed by atoms with E-state index >= 15 is 0 Å². The van der Waals surface area contributed by atoms with Gasteiger partial charge in [-0.25, -0.2) is 4.98 Å². The Kier molecular flexibility index (Phi) is 7.35. The van der Waals surface area contributed by atoms with E-state index in [4.69, 9.17) is 4.84 Å². The zero-order valence-corrected chi connectivity index (χ0v) is 21.3. The molecule has 1 spiro atoms. The van der Waals surface area contributed by atoms with Crippen LogP contribution in [0.3, 0.4) is 0 Å². The van der Waals surface area contributed by atoms with Crippen molar-refractivity contribution in [3.05, 3.63) is 58.8 Å². The molecule has 0 bridgehead atoms. The van der Waals surface area contributed by atoms with Crippen molar-refractivity contribution >= 4 is 23.2 Å². The number of hydrogen-bond donors (Lipinski definition) is 0. The summed E-state index contributed by atoms with van der Waals surface area (Å²) in [4.78, 5) is 50.6. The van der Waals surface area contributed by atoms with Crippen LogP contribution in [0.5, 0.6) is 5.88 Å². The standard InChI is InChI=1S/C29H31N3O4/c1-5-8-22-15-19(2)26(20(3)16-22)27-23(33)17-29(18-24(27)34)10-13-32(14-11-29)28(35)21(4)31-36-25-9-6-7-12-30-25/h6-7,9,12,15-16,27H,10-11,13-14,17-18H2,1-4H3/b31-21+. The Labute approximate surface area is 211 Å². The maximum absolute atomic E-state index is 13.4. The van der Waals surface area contributed by atoms with Crippen LogP contribution in [0.2, 0.25) is 0 Å². The van der Waals surface area contributed by atoms with Crippen molar-refractivity contribution in [1.29, 1.82) is 0 Å². The number of pyridine rings is 1. The summed E-state index contributed by atoms with van der Waals surface area (Å²) in [6.07, 6.45) is 3.52. The van der Waals surface area contributed by atoms with Crippen LogP contribution in [0.25, 0.3) is 0 Å². The van der Waals surface area contributed by atoms with Crippen LogP contribution in [-0.2, 0) is 14.4 Å². The summed E-state index contributed by atoms with van der Waals surface area (Å²) < 4.78 is 0. The van der Waals surface area contributed by atoms with Crippen molar-refractivity contribution in [3.8, 4) is 17.7 Å². The number of likely N-dealkylation sites (tertiary alicyclic amines) is 1. The summed E-state index contributed by atoms with van der Waals surface area (Å²) in [5, 5.41) is 3.92. The number of oxime groups is 1. The summed E-state index contributed by atoms with van der Waals surface area (Å²) >= 11 is 0. The highest BCUT2D eigenvalue weighted by Gasteiger charge is 2.48. The normalized spacial score (nSPS) is 18.1. The van der Waals surface area contributed by atoms with Gasteiger partial charge in [0, 0.05) is 43.8 Å². The highest BCUT2D eigenvalue weighted by Crippen LogP contribution is 2.46. The van der Waals surface area contributed by atoms with Gasteiger partial charge in [0.15, 0.2) is 0 Å². The first kappa shape index (κ1) is 25.3. The molecule has 0 N–H and O–H groups in total. The maximum Gasteiger partial charge on any atom is 0.271 e. The van der Waals surface area contributed by atoms with Crippen LogP contribution < -0.4 is 4.84 Å². The number of aryl methyl sites for hydroxylation is 2. The zero-order valence-electron chi connectivity index (χ0n) is 21.3. The molecule has 36 heavy (non-hydrogen) atoms. The number of nitrogens with zero attached hydrogens (tertiary/aromatic N) is 3. The van der Waals surface area contributed by atoms with Crippen molar-refractivity contribution in [3.63, 3.8) is 0 Å². The second-order valence-corrected chi connectivity index (χ2v) is 9.85. The van der Waals surface area contributed by atoms with E-state index in [2.05, 4.69) is 22.0 Å². The number of benzene rings is 1. The van der Waals surface area contributed by atoms with Crippen LogP contribution >= 0.6 is 0 Å². The number of rotatable bonds is 4. The number of carbonyl (C=O) groups is 3. The molecule has 0 atom stereocenters. The van der Waals surface area contributed by atoms with Crippen LogP contribution in [0, 0.1) is 31.1 Å². The molecule has 7 nitrogen and oxygen atoms in total. The van der Waals surface area contributed by atoms with Crippen LogP contribution in [-0.4, -0.2) is 46.2 Å². The first-order chi connectivity index (χ1) is 17.2. The van der Waals surface area contributed by atoms with E-state index in [1.165, 1.54) is 0 Å². The maximum atomic E-state index is 13.4. The summed E-state index contributed by atoms with van der Waals surface area (Å²) in [6.45, 7) is 8.23. The predicted octanol–water partition coefficient (Wildman–Crippen LogP) is 4.15. The summed E-state index contributed by atoms with van der Waals surface area (Å²) in [6, 6.07) is 9.11. The molecule has 7 heteroatoms. The van der Waals surface area contributed by atoms with Crippen molar-refractivity contribution in [2.24, 2.45) is 10.6 Å². The van der Waals surface area contributed by atoms with Crippen LogP contribution in [0.4, 0.5) is 0 Å². The largest absolute Gasteiger partial charge is 0.337 e. The lowest BCUT2D eigenvalue weighted by molar-refractivity contribution is -0.139. The quantitative estimate of drug-likeness (QED) is 0.281. The van der Waals surface area contributed by atoms with E-state index in [0.717, 1.165) is 22.3 Å². The lowest BCUT2D eigenvalue weighted by atomic mass is 9.62. The molecule has 1 amide bonds. The molecule has 4 rings (SSSR count). The Morgan fingerprint density at radius 3 is 2.31 bits per heavy atom. The smallest absolute Gasteiger partial charge is 0.271 e. The lowest BCUT2D eigenvalue weighted by Gasteiger charge is -2.44. The lowest BCUT2D eigenvalue weighted by Crippen LogP contribution is -2.49. The van der Waals surface area contributed by atoms with E-state index in [9.17, 15) is 14.4 Å². The molecular weight excluding hydrogens is 454 g/mol. The van der Waals surface area contributed by atoms with Gasteiger partial charge in [0.25, 0.3) is 5.91 Å². The Morgan fingerprint density at radius 1 is 1.11 bits per heavy atom. The fraction of sp³-hybridized carbons (Fsp3) is 0.414. The Balaban J connectivity index is 1.42. The van der Waals surface area contributed by atoms with E-state index in [1.807, 2.05) is 26.0 Å². The number of Topliss-reactive ketones (excluding diaryl/α,β-unsaturated/α-hetero) is 2. The average molecular weight is 486 g/mol. The minimum atomic E-state index is -0.711. The minimum absolute atomic E-state index is 0.0203. The molecule has 1 aromatic heterocycles. The van der Waals surface area contributed by atoms with Gasteiger partial charge in [0.1, 0.15) is 23.2 Å². The van der Waals surface area contributed by atoms with Gasteiger partial charge < -0.3 is 9.74 Å². The SMILES string of the molecule is CC#Cc1cc(C)c(C2C(=O)CC3(CCN(C(=O)/C(C)=N/Oc4ccccn4)CC3)CC2=O)c(C)c1. The average Bonchev–Trinajstić information content (AvgIpc) is 2.84. The number of piperidine rings is 1. The second-order valence-electron chi connectivity index (χ2n) is 9.85.